The number of benzene rings is 1. The van der Waals surface area contributed by atoms with Crippen molar-refractivity contribution in [3.05, 3.63) is 47.5 Å². The predicted molar refractivity (Wildman–Crippen MR) is 101 cm³/mol. The molecule has 1 aliphatic rings. The first-order chi connectivity index (χ1) is 13.0. The van der Waals surface area contributed by atoms with Gasteiger partial charge in [-0.3, -0.25) is 4.79 Å². The average Bonchev–Trinajstić information content (AvgIpc) is 3.09. The molecule has 6 nitrogen and oxygen atoms in total. The number of nitrogens with zero attached hydrogens (tertiary/aromatic N) is 4. The van der Waals surface area contributed by atoms with Crippen molar-refractivity contribution in [3.8, 4) is 5.75 Å². The number of halogens is 1. The van der Waals surface area contributed by atoms with Crippen LogP contribution in [0.1, 0.15) is 42.4 Å². The lowest BCUT2D eigenvalue weighted by atomic mass is 10.1. The molecular weight excluding hydrogens is 347 g/mol. The van der Waals surface area contributed by atoms with Crippen LogP contribution in [0.15, 0.2) is 30.5 Å². The second-order valence-electron chi connectivity index (χ2n) is 6.81. The molecule has 1 unspecified atom stereocenters. The smallest absolute Gasteiger partial charge is 0.259 e. The van der Waals surface area contributed by atoms with E-state index in [2.05, 4.69) is 23.9 Å². The van der Waals surface area contributed by atoms with E-state index in [1.54, 1.807) is 23.2 Å². The number of hydrogen-bond donors (Lipinski definition) is 0. The maximum atomic E-state index is 13.8. The number of pyridine rings is 1. The molecular formula is C20H21FN4O2. The fourth-order valence-electron chi connectivity index (χ4n) is 3.36. The van der Waals surface area contributed by atoms with Crippen molar-refractivity contribution in [1.82, 2.24) is 14.8 Å². The van der Waals surface area contributed by atoms with Gasteiger partial charge < -0.3 is 9.64 Å². The summed E-state index contributed by atoms with van der Waals surface area (Å²) in [7, 11) is 0. The van der Waals surface area contributed by atoms with Crippen LogP contribution in [0.2, 0.25) is 0 Å². The van der Waals surface area contributed by atoms with E-state index < -0.39 is 5.82 Å². The van der Waals surface area contributed by atoms with Crippen LogP contribution in [0.25, 0.3) is 11.0 Å². The molecule has 1 amide bonds. The molecule has 3 heterocycles. The Kier molecular flexibility index (Phi) is 4.30. The van der Waals surface area contributed by atoms with Crippen LogP contribution < -0.4 is 9.64 Å². The van der Waals surface area contributed by atoms with Crippen molar-refractivity contribution in [2.75, 3.05) is 18.1 Å². The number of rotatable bonds is 3. The van der Waals surface area contributed by atoms with Crippen molar-refractivity contribution in [2.45, 2.75) is 33.2 Å². The van der Waals surface area contributed by atoms with Gasteiger partial charge in [-0.25, -0.2) is 14.1 Å². The summed E-state index contributed by atoms with van der Waals surface area (Å²) in [6.45, 7) is 6.73. The summed E-state index contributed by atoms with van der Waals surface area (Å²) in [5.41, 5.74) is 2.40. The van der Waals surface area contributed by atoms with E-state index in [4.69, 9.17) is 4.74 Å². The van der Waals surface area contributed by atoms with Crippen LogP contribution in [0.3, 0.4) is 0 Å². The molecule has 0 saturated carbocycles. The lowest BCUT2D eigenvalue weighted by Gasteiger charge is -2.29. The molecule has 140 valence electrons. The monoisotopic (exact) mass is 368 g/mol. The molecule has 1 atom stereocenters. The van der Waals surface area contributed by atoms with E-state index in [0.717, 1.165) is 12.1 Å². The molecule has 0 bridgehead atoms. The largest absolute Gasteiger partial charge is 0.490 e. The molecule has 2 aromatic heterocycles. The molecule has 0 saturated heterocycles. The number of carbonyl (C=O) groups excluding carboxylic acids is 1. The van der Waals surface area contributed by atoms with Crippen molar-refractivity contribution in [3.63, 3.8) is 0 Å². The molecule has 4 rings (SSSR count). The number of carbonyl (C=O) groups is 1. The zero-order chi connectivity index (χ0) is 19.1. The molecule has 0 N–H and O–H groups in total. The number of amides is 1. The normalized spacial score (nSPS) is 14.7. The maximum Gasteiger partial charge on any atom is 0.259 e. The maximum absolute atomic E-state index is 13.8. The first-order valence-electron chi connectivity index (χ1n) is 9.08. The second-order valence-corrected chi connectivity index (χ2v) is 6.81. The zero-order valence-corrected chi connectivity index (χ0v) is 15.6. The summed E-state index contributed by atoms with van der Waals surface area (Å²) in [6.07, 6.45) is 2.60. The number of anilines is 1. The average molecular weight is 368 g/mol. The number of ether oxygens (including phenoxy) is 1. The van der Waals surface area contributed by atoms with E-state index in [1.165, 1.54) is 12.1 Å². The minimum Gasteiger partial charge on any atom is -0.490 e. The molecule has 1 aliphatic heterocycles. The Morgan fingerprint density at radius 2 is 2.19 bits per heavy atom. The zero-order valence-electron chi connectivity index (χ0n) is 15.6. The van der Waals surface area contributed by atoms with E-state index in [-0.39, 0.29) is 11.9 Å². The molecule has 3 aromatic rings. The van der Waals surface area contributed by atoms with Crippen LogP contribution in [-0.2, 0) is 0 Å². The van der Waals surface area contributed by atoms with E-state index in [0.29, 0.717) is 41.2 Å². The van der Waals surface area contributed by atoms with E-state index >= 15 is 0 Å². The van der Waals surface area contributed by atoms with Crippen molar-refractivity contribution >= 4 is 22.6 Å². The van der Waals surface area contributed by atoms with Crippen LogP contribution >= 0.6 is 0 Å². The third-order valence-electron chi connectivity index (χ3n) is 4.96. The second kappa shape index (κ2) is 6.64. The van der Waals surface area contributed by atoms with Gasteiger partial charge in [0.2, 0.25) is 0 Å². The Morgan fingerprint density at radius 1 is 1.37 bits per heavy atom. The highest BCUT2D eigenvalue weighted by Gasteiger charge is 2.28. The fourth-order valence-corrected chi connectivity index (χ4v) is 3.36. The quantitative estimate of drug-likeness (QED) is 0.704. The highest BCUT2D eigenvalue weighted by molar-refractivity contribution is 6.13. The first-order valence-corrected chi connectivity index (χ1v) is 9.08. The number of hydrogen-bond acceptors (Lipinski definition) is 4. The number of aryl methyl sites for hydroxylation is 1. The Hall–Kier alpha value is -2.96. The van der Waals surface area contributed by atoms with Gasteiger partial charge in [0, 0.05) is 11.8 Å². The Labute approximate surface area is 156 Å². The third kappa shape index (κ3) is 2.93. The van der Waals surface area contributed by atoms with Gasteiger partial charge in [-0.1, -0.05) is 6.92 Å². The first kappa shape index (κ1) is 17.5. The van der Waals surface area contributed by atoms with Gasteiger partial charge >= 0.3 is 0 Å². The topological polar surface area (TPSA) is 60.2 Å². The third-order valence-corrected chi connectivity index (χ3v) is 4.96. The van der Waals surface area contributed by atoms with Gasteiger partial charge in [-0.05, 0) is 38.5 Å². The van der Waals surface area contributed by atoms with Crippen LogP contribution in [0, 0.1) is 12.7 Å². The Morgan fingerprint density at radius 3 is 2.96 bits per heavy atom. The van der Waals surface area contributed by atoms with Crippen molar-refractivity contribution in [2.24, 2.45) is 0 Å². The summed E-state index contributed by atoms with van der Waals surface area (Å²) in [4.78, 5) is 19.5. The van der Waals surface area contributed by atoms with Gasteiger partial charge in [0.25, 0.3) is 5.91 Å². The highest BCUT2D eigenvalue weighted by atomic mass is 19.1. The summed E-state index contributed by atoms with van der Waals surface area (Å²) >= 11 is 0. The SMILES string of the molecule is CCC(C)n1ncc2c(C(=O)N3CCOc4ccc(F)cc43)cc(C)nc21. The van der Waals surface area contributed by atoms with Gasteiger partial charge in [-0.15, -0.1) is 0 Å². The van der Waals surface area contributed by atoms with Crippen molar-refractivity contribution in [1.29, 1.82) is 0 Å². The predicted octanol–water partition coefficient (Wildman–Crippen LogP) is 3.89. The Balaban J connectivity index is 1.83. The molecule has 1 aromatic carbocycles. The van der Waals surface area contributed by atoms with Gasteiger partial charge in [0.1, 0.15) is 18.2 Å². The number of aromatic nitrogens is 3. The van der Waals surface area contributed by atoms with Crippen LogP contribution in [0.5, 0.6) is 5.75 Å². The lowest BCUT2D eigenvalue weighted by Crippen LogP contribution is -2.38. The van der Waals surface area contributed by atoms with Gasteiger partial charge in [0.05, 0.1) is 35.4 Å². The van der Waals surface area contributed by atoms with E-state index in [9.17, 15) is 9.18 Å². The standard InChI is InChI=1S/C20H21FN4O2/c1-4-13(3)25-19-16(11-22-25)15(9-12(2)23-19)20(26)24-7-8-27-18-6-5-14(21)10-17(18)24/h5-6,9-11,13H,4,7-8H2,1-3H3. The van der Waals surface area contributed by atoms with Crippen molar-refractivity contribution < 1.29 is 13.9 Å². The lowest BCUT2D eigenvalue weighted by molar-refractivity contribution is 0.0978. The van der Waals surface area contributed by atoms with Gasteiger partial charge in [0.15, 0.2) is 5.65 Å². The molecule has 0 aliphatic carbocycles. The summed E-state index contributed by atoms with van der Waals surface area (Å²) in [5.74, 6) is -0.102. The summed E-state index contributed by atoms with van der Waals surface area (Å²) in [6, 6.07) is 6.16. The van der Waals surface area contributed by atoms with Gasteiger partial charge in [-0.2, -0.15) is 5.10 Å². The molecule has 0 spiro atoms. The van der Waals surface area contributed by atoms with Crippen LogP contribution in [0.4, 0.5) is 10.1 Å². The highest BCUT2D eigenvalue weighted by Crippen LogP contribution is 2.34. The molecule has 27 heavy (non-hydrogen) atoms. The fraction of sp³-hybridized carbons (Fsp3) is 0.350. The number of fused-ring (bicyclic) bond motifs is 2. The summed E-state index contributed by atoms with van der Waals surface area (Å²) in [5, 5.41) is 5.16. The molecule has 0 fully saturated rings. The van der Waals surface area contributed by atoms with Crippen LogP contribution in [-0.4, -0.2) is 33.8 Å². The van der Waals surface area contributed by atoms with E-state index in [1.807, 2.05) is 11.6 Å². The minimum atomic E-state index is -0.405. The minimum absolute atomic E-state index is 0.179. The molecule has 7 heteroatoms. The molecule has 0 radical (unpaired) electrons. The Bertz CT molecular complexity index is 1030. The summed E-state index contributed by atoms with van der Waals surface area (Å²) < 4.78 is 21.2.